The maximum Gasteiger partial charge on any atom is 0.0994 e. The molecule has 0 amide bonds. The fourth-order valence-corrected chi connectivity index (χ4v) is 4.29. The molecule has 28 heavy (non-hydrogen) atoms. The number of rotatable bonds is 4. The standard InChI is InChI=1S/C24H27N3O/c1-16-12-23-20(13-17(16)14-25)21(15-27(23)10-5-11-28)18-6-4-7-22-19(18)8-9-24(2,3)26-22/h4,6-7,12-13,15,26,28H,5,8-11H2,1-3H3. The minimum atomic E-state index is 0.103. The normalized spacial score (nSPS) is 15.1. The van der Waals surface area contributed by atoms with E-state index in [0.717, 1.165) is 41.4 Å². The highest BCUT2D eigenvalue weighted by molar-refractivity contribution is 5.99. The molecule has 0 bridgehead atoms. The molecule has 0 aliphatic carbocycles. The van der Waals surface area contributed by atoms with E-state index in [4.69, 9.17) is 0 Å². The van der Waals surface area contributed by atoms with Crippen LogP contribution < -0.4 is 5.32 Å². The molecule has 144 valence electrons. The summed E-state index contributed by atoms with van der Waals surface area (Å²) in [6, 6.07) is 12.9. The van der Waals surface area contributed by atoms with Crippen molar-refractivity contribution >= 4 is 16.6 Å². The van der Waals surface area contributed by atoms with Crippen molar-refractivity contribution in [1.82, 2.24) is 4.57 Å². The second kappa shape index (κ2) is 7.00. The molecule has 0 saturated carbocycles. The van der Waals surface area contributed by atoms with Gasteiger partial charge >= 0.3 is 0 Å². The van der Waals surface area contributed by atoms with E-state index in [0.29, 0.717) is 6.42 Å². The van der Waals surface area contributed by atoms with Crippen LogP contribution in [0.4, 0.5) is 5.69 Å². The zero-order chi connectivity index (χ0) is 19.9. The molecule has 4 nitrogen and oxygen atoms in total. The predicted octanol–water partition coefficient (Wildman–Crippen LogP) is 5.01. The highest BCUT2D eigenvalue weighted by Crippen LogP contribution is 2.40. The van der Waals surface area contributed by atoms with Gasteiger partial charge in [0.15, 0.2) is 0 Å². The number of fused-ring (bicyclic) bond motifs is 2. The maximum absolute atomic E-state index is 9.54. The fraction of sp³-hybridized carbons (Fsp3) is 0.375. The summed E-state index contributed by atoms with van der Waals surface area (Å²) < 4.78 is 2.22. The van der Waals surface area contributed by atoms with Crippen LogP contribution in [0.1, 0.15) is 43.4 Å². The van der Waals surface area contributed by atoms with Crippen LogP contribution in [0.15, 0.2) is 36.5 Å². The Balaban J connectivity index is 1.93. The highest BCUT2D eigenvalue weighted by atomic mass is 16.3. The van der Waals surface area contributed by atoms with Crippen molar-refractivity contribution in [3.8, 4) is 17.2 Å². The van der Waals surface area contributed by atoms with E-state index >= 15 is 0 Å². The Kier molecular flexibility index (Phi) is 4.64. The Morgan fingerprint density at radius 2 is 2.07 bits per heavy atom. The van der Waals surface area contributed by atoms with Crippen molar-refractivity contribution in [2.75, 3.05) is 11.9 Å². The first kappa shape index (κ1) is 18.6. The SMILES string of the molecule is Cc1cc2c(cc1C#N)c(-c1cccc3c1CCC(C)(C)N3)cn2CCCO. The monoisotopic (exact) mass is 373 g/mol. The molecule has 4 heteroatoms. The molecule has 0 atom stereocenters. The topological polar surface area (TPSA) is 61.0 Å². The molecular weight excluding hydrogens is 346 g/mol. The summed E-state index contributed by atoms with van der Waals surface area (Å²) in [4.78, 5) is 0. The average molecular weight is 374 g/mol. The van der Waals surface area contributed by atoms with Crippen LogP contribution in [-0.2, 0) is 13.0 Å². The van der Waals surface area contributed by atoms with Gasteiger partial charge in [-0.15, -0.1) is 0 Å². The van der Waals surface area contributed by atoms with Crippen molar-refractivity contribution in [1.29, 1.82) is 5.26 Å². The number of anilines is 1. The highest BCUT2D eigenvalue weighted by Gasteiger charge is 2.26. The lowest BCUT2D eigenvalue weighted by Gasteiger charge is -2.34. The predicted molar refractivity (Wildman–Crippen MR) is 115 cm³/mol. The Labute approximate surface area is 166 Å². The van der Waals surface area contributed by atoms with E-state index in [1.54, 1.807) is 0 Å². The van der Waals surface area contributed by atoms with Crippen LogP contribution in [0, 0.1) is 18.3 Å². The molecule has 2 aromatic carbocycles. The van der Waals surface area contributed by atoms with E-state index in [-0.39, 0.29) is 12.1 Å². The average Bonchev–Trinajstić information content (AvgIpc) is 3.01. The summed E-state index contributed by atoms with van der Waals surface area (Å²) in [5.74, 6) is 0. The van der Waals surface area contributed by atoms with Gasteiger partial charge in [-0.1, -0.05) is 12.1 Å². The van der Waals surface area contributed by atoms with Gasteiger partial charge in [-0.05, 0) is 74.9 Å². The quantitative estimate of drug-likeness (QED) is 0.676. The molecule has 0 saturated heterocycles. The Morgan fingerprint density at radius 1 is 1.25 bits per heavy atom. The lowest BCUT2D eigenvalue weighted by molar-refractivity contribution is 0.280. The van der Waals surface area contributed by atoms with E-state index in [1.165, 1.54) is 22.4 Å². The van der Waals surface area contributed by atoms with Crippen LogP contribution in [0.25, 0.3) is 22.0 Å². The first-order chi connectivity index (χ1) is 13.4. The molecule has 4 rings (SSSR count). The summed E-state index contributed by atoms with van der Waals surface area (Å²) in [7, 11) is 0. The summed E-state index contributed by atoms with van der Waals surface area (Å²) in [6.07, 6.45) is 5.02. The largest absolute Gasteiger partial charge is 0.396 e. The molecule has 1 aliphatic heterocycles. The summed E-state index contributed by atoms with van der Waals surface area (Å²) in [5.41, 5.74) is 7.90. The summed E-state index contributed by atoms with van der Waals surface area (Å²) in [5, 5.41) is 23.6. The molecule has 0 spiro atoms. The lowest BCUT2D eigenvalue weighted by atomic mass is 9.85. The van der Waals surface area contributed by atoms with Crippen LogP contribution in [0.5, 0.6) is 0 Å². The number of nitriles is 1. The van der Waals surface area contributed by atoms with Crippen LogP contribution in [0.3, 0.4) is 0 Å². The van der Waals surface area contributed by atoms with Gasteiger partial charge in [0.05, 0.1) is 11.6 Å². The number of aromatic nitrogens is 1. The fourth-order valence-electron chi connectivity index (χ4n) is 4.29. The first-order valence-electron chi connectivity index (χ1n) is 9.98. The van der Waals surface area contributed by atoms with Crippen molar-refractivity contribution in [3.63, 3.8) is 0 Å². The van der Waals surface area contributed by atoms with Crippen molar-refractivity contribution < 1.29 is 5.11 Å². The summed E-state index contributed by atoms with van der Waals surface area (Å²) in [6.45, 7) is 7.40. The zero-order valence-corrected chi connectivity index (χ0v) is 16.8. The molecule has 1 aliphatic rings. The van der Waals surface area contributed by atoms with Gasteiger partial charge in [-0.3, -0.25) is 0 Å². The second-order valence-electron chi connectivity index (χ2n) is 8.45. The number of hydrogen-bond donors (Lipinski definition) is 2. The number of hydrogen-bond acceptors (Lipinski definition) is 3. The number of nitrogens with zero attached hydrogens (tertiary/aromatic N) is 2. The molecule has 2 heterocycles. The molecule has 0 unspecified atom stereocenters. The van der Waals surface area contributed by atoms with Gasteiger partial charge in [-0.25, -0.2) is 0 Å². The summed E-state index contributed by atoms with van der Waals surface area (Å²) >= 11 is 0. The van der Waals surface area contributed by atoms with Gasteiger partial charge in [0.2, 0.25) is 0 Å². The molecular formula is C24H27N3O. The second-order valence-corrected chi connectivity index (χ2v) is 8.45. The van der Waals surface area contributed by atoms with Gasteiger partial charge in [-0.2, -0.15) is 5.26 Å². The zero-order valence-electron chi connectivity index (χ0n) is 16.8. The Hall–Kier alpha value is -2.77. The van der Waals surface area contributed by atoms with E-state index in [9.17, 15) is 10.4 Å². The van der Waals surface area contributed by atoms with Gasteiger partial charge in [0, 0.05) is 47.0 Å². The third kappa shape index (κ3) is 3.16. The van der Waals surface area contributed by atoms with Gasteiger partial charge < -0.3 is 15.0 Å². The first-order valence-corrected chi connectivity index (χ1v) is 9.98. The Morgan fingerprint density at radius 3 is 2.82 bits per heavy atom. The third-order valence-corrected chi connectivity index (χ3v) is 5.84. The van der Waals surface area contributed by atoms with Crippen LogP contribution in [0.2, 0.25) is 0 Å². The van der Waals surface area contributed by atoms with E-state index in [2.05, 4.69) is 60.3 Å². The van der Waals surface area contributed by atoms with Crippen LogP contribution in [-0.4, -0.2) is 21.8 Å². The molecule has 3 aromatic rings. The molecule has 2 N–H and O–H groups in total. The van der Waals surface area contributed by atoms with Crippen molar-refractivity contribution in [3.05, 3.63) is 53.2 Å². The third-order valence-electron chi connectivity index (χ3n) is 5.84. The number of benzene rings is 2. The smallest absolute Gasteiger partial charge is 0.0994 e. The number of aliphatic hydroxyl groups is 1. The number of nitrogens with one attached hydrogen (secondary N) is 1. The van der Waals surface area contributed by atoms with Crippen molar-refractivity contribution in [2.24, 2.45) is 0 Å². The van der Waals surface area contributed by atoms with Crippen LogP contribution >= 0.6 is 0 Å². The van der Waals surface area contributed by atoms with E-state index < -0.39 is 0 Å². The minimum Gasteiger partial charge on any atom is -0.396 e. The number of aliphatic hydroxyl groups excluding tert-OH is 1. The maximum atomic E-state index is 9.54. The number of aryl methyl sites for hydroxylation is 2. The molecule has 0 fully saturated rings. The Bertz CT molecular complexity index is 1090. The van der Waals surface area contributed by atoms with E-state index in [1.807, 2.05) is 13.0 Å². The van der Waals surface area contributed by atoms with Gasteiger partial charge in [0.25, 0.3) is 0 Å². The molecule has 0 radical (unpaired) electrons. The lowest BCUT2D eigenvalue weighted by Crippen LogP contribution is -2.35. The van der Waals surface area contributed by atoms with Crippen molar-refractivity contribution in [2.45, 2.75) is 52.1 Å². The minimum absolute atomic E-state index is 0.103. The molecule has 1 aromatic heterocycles. The van der Waals surface area contributed by atoms with Gasteiger partial charge in [0.1, 0.15) is 0 Å².